The molecule has 0 aliphatic heterocycles. The Labute approximate surface area is 87.3 Å². The van der Waals surface area contributed by atoms with Crippen LogP contribution in [0.3, 0.4) is 0 Å². The van der Waals surface area contributed by atoms with E-state index in [4.69, 9.17) is 9.63 Å². The van der Waals surface area contributed by atoms with Crippen molar-refractivity contribution in [2.75, 3.05) is 6.61 Å². The van der Waals surface area contributed by atoms with Crippen LogP contribution in [-0.2, 0) is 13.5 Å². The van der Waals surface area contributed by atoms with Gasteiger partial charge in [-0.25, -0.2) is 4.98 Å². The number of aromatic nitrogens is 3. The molecule has 0 amide bonds. The third kappa shape index (κ3) is 2.07. The van der Waals surface area contributed by atoms with Gasteiger partial charge in [0.1, 0.15) is 11.5 Å². The molecule has 0 fully saturated rings. The van der Waals surface area contributed by atoms with Gasteiger partial charge >= 0.3 is 0 Å². The molecule has 0 aliphatic carbocycles. The molecule has 5 nitrogen and oxygen atoms in total. The summed E-state index contributed by atoms with van der Waals surface area (Å²) in [5.41, 5.74) is 1.71. The van der Waals surface area contributed by atoms with Gasteiger partial charge in [0.05, 0.1) is 18.2 Å². The highest BCUT2D eigenvalue weighted by molar-refractivity contribution is 5.53. The number of hydrogen-bond donors (Lipinski definition) is 1. The smallest absolute Gasteiger partial charge is 0.137 e. The maximum atomic E-state index is 8.69. The van der Waals surface area contributed by atoms with Gasteiger partial charge < -0.3 is 14.2 Å². The van der Waals surface area contributed by atoms with E-state index in [-0.39, 0.29) is 6.61 Å². The van der Waals surface area contributed by atoms with Gasteiger partial charge in [-0.15, -0.1) is 0 Å². The normalized spacial score (nSPS) is 10.8. The third-order valence-corrected chi connectivity index (χ3v) is 2.22. The SMILES string of the molecule is Cn1cncc1-c1cc(CCCO)on1. The zero-order valence-electron chi connectivity index (χ0n) is 8.55. The average molecular weight is 207 g/mol. The molecule has 5 heteroatoms. The Morgan fingerprint density at radius 2 is 2.40 bits per heavy atom. The lowest BCUT2D eigenvalue weighted by molar-refractivity contribution is 0.280. The van der Waals surface area contributed by atoms with E-state index in [0.29, 0.717) is 12.8 Å². The van der Waals surface area contributed by atoms with Crippen LogP contribution in [0.5, 0.6) is 0 Å². The number of imidazole rings is 1. The molecule has 0 saturated carbocycles. The van der Waals surface area contributed by atoms with Gasteiger partial charge in [-0.2, -0.15) is 0 Å². The second-order valence-electron chi connectivity index (χ2n) is 3.40. The first kappa shape index (κ1) is 9.92. The first-order valence-corrected chi connectivity index (χ1v) is 4.84. The quantitative estimate of drug-likeness (QED) is 0.812. The molecule has 80 valence electrons. The topological polar surface area (TPSA) is 64.1 Å². The summed E-state index contributed by atoms with van der Waals surface area (Å²) in [7, 11) is 1.91. The molecule has 0 aliphatic rings. The lowest BCUT2D eigenvalue weighted by Gasteiger charge is -1.94. The standard InChI is InChI=1S/C10H13N3O2/c1-13-7-11-6-10(13)9-5-8(15-12-9)3-2-4-14/h5-7,14H,2-4H2,1H3. The van der Waals surface area contributed by atoms with Crippen LogP contribution in [0.25, 0.3) is 11.4 Å². The van der Waals surface area contributed by atoms with E-state index in [1.807, 2.05) is 17.7 Å². The second kappa shape index (κ2) is 4.27. The molecule has 0 atom stereocenters. The summed E-state index contributed by atoms with van der Waals surface area (Å²) in [6.45, 7) is 0.168. The first-order valence-electron chi connectivity index (χ1n) is 4.84. The Morgan fingerprint density at radius 1 is 1.53 bits per heavy atom. The van der Waals surface area contributed by atoms with Crippen molar-refractivity contribution in [3.05, 3.63) is 24.4 Å². The van der Waals surface area contributed by atoms with Crippen molar-refractivity contribution < 1.29 is 9.63 Å². The maximum absolute atomic E-state index is 8.69. The highest BCUT2D eigenvalue weighted by Crippen LogP contribution is 2.18. The lowest BCUT2D eigenvalue weighted by Crippen LogP contribution is -1.88. The molecule has 0 bridgehead atoms. The van der Waals surface area contributed by atoms with Gasteiger partial charge in [0.25, 0.3) is 0 Å². The maximum Gasteiger partial charge on any atom is 0.137 e. The first-order chi connectivity index (χ1) is 7.31. The Hall–Kier alpha value is -1.62. The number of nitrogens with zero attached hydrogens (tertiary/aromatic N) is 3. The van der Waals surface area contributed by atoms with Gasteiger partial charge in [-0.3, -0.25) is 0 Å². The minimum Gasteiger partial charge on any atom is -0.396 e. The van der Waals surface area contributed by atoms with Crippen LogP contribution in [0, 0.1) is 0 Å². The Morgan fingerprint density at radius 3 is 3.07 bits per heavy atom. The summed E-state index contributed by atoms with van der Waals surface area (Å²) in [6.07, 6.45) is 4.87. The summed E-state index contributed by atoms with van der Waals surface area (Å²) in [5, 5.41) is 12.6. The van der Waals surface area contributed by atoms with E-state index in [9.17, 15) is 0 Å². The van der Waals surface area contributed by atoms with Gasteiger partial charge in [0.15, 0.2) is 0 Å². The molecule has 1 N–H and O–H groups in total. The predicted octanol–water partition coefficient (Wildman–Crippen LogP) is 1.00. The molecule has 0 unspecified atom stereocenters. The van der Waals surface area contributed by atoms with E-state index in [1.54, 1.807) is 12.5 Å². The predicted molar refractivity (Wildman–Crippen MR) is 54.1 cm³/mol. The summed E-state index contributed by atoms with van der Waals surface area (Å²) in [6, 6.07) is 1.88. The Bertz CT molecular complexity index is 433. The van der Waals surface area contributed by atoms with Gasteiger partial charge in [0.2, 0.25) is 0 Å². The van der Waals surface area contributed by atoms with Crippen molar-refractivity contribution in [1.29, 1.82) is 0 Å². The zero-order chi connectivity index (χ0) is 10.7. The van der Waals surface area contributed by atoms with Crippen LogP contribution < -0.4 is 0 Å². The van der Waals surface area contributed by atoms with Crippen LogP contribution in [0.1, 0.15) is 12.2 Å². The van der Waals surface area contributed by atoms with Crippen molar-refractivity contribution in [2.45, 2.75) is 12.8 Å². The van der Waals surface area contributed by atoms with Crippen molar-refractivity contribution in [3.8, 4) is 11.4 Å². The van der Waals surface area contributed by atoms with Crippen LogP contribution in [0.15, 0.2) is 23.1 Å². The molecular formula is C10H13N3O2. The summed E-state index contributed by atoms with van der Waals surface area (Å²) >= 11 is 0. The largest absolute Gasteiger partial charge is 0.396 e. The van der Waals surface area contributed by atoms with E-state index >= 15 is 0 Å². The van der Waals surface area contributed by atoms with Gasteiger partial charge in [0, 0.05) is 26.1 Å². The molecule has 0 radical (unpaired) electrons. The number of aliphatic hydroxyl groups is 1. The Balaban J connectivity index is 2.17. The summed E-state index contributed by atoms with van der Waals surface area (Å²) in [5.74, 6) is 0.792. The van der Waals surface area contributed by atoms with Crippen LogP contribution in [0.4, 0.5) is 0 Å². The lowest BCUT2D eigenvalue weighted by atomic mass is 10.2. The second-order valence-corrected chi connectivity index (χ2v) is 3.40. The minimum absolute atomic E-state index is 0.168. The van der Waals surface area contributed by atoms with Crippen molar-refractivity contribution in [3.63, 3.8) is 0 Å². The van der Waals surface area contributed by atoms with E-state index in [1.165, 1.54) is 0 Å². The highest BCUT2D eigenvalue weighted by Gasteiger charge is 2.08. The fourth-order valence-electron chi connectivity index (χ4n) is 1.41. The van der Waals surface area contributed by atoms with E-state index < -0.39 is 0 Å². The Kier molecular flexibility index (Phi) is 2.82. The fraction of sp³-hybridized carbons (Fsp3) is 0.400. The number of rotatable bonds is 4. The van der Waals surface area contributed by atoms with Crippen molar-refractivity contribution in [2.24, 2.45) is 7.05 Å². The van der Waals surface area contributed by atoms with E-state index in [0.717, 1.165) is 17.1 Å². The minimum atomic E-state index is 0.168. The summed E-state index contributed by atoms with van der Waals surface area (Å²) < 4.78 is 7.03. The van der Waals surface area contributed by atoms with Gasteiger partial charge in [-0.1, -0.05) is 5.16 Å². The molecule has 0 aromatic carbocycles. The van der Waals surface area contributed by atoms with Crippen molar-refractivity contribution in [1.82, 2.24) is 14.7 Å². The molecule has 2 aromatic rings. The molecule has 0 spiro atoms. The number of hydrogen-bond acceptors (Lipinski definition) is 4. The average Bonchev–Trinajstić information content (AvgIpc) is 2.83. The van der Waals surface area contributed by atoms with Gasteiger partial charge in [-0.05, 0) is 6.42 Å². The summed E-state index contributed by atoms with van der Waals surface area (Å²) in [4.78, 5) is 4.01. The molecule has 2 rings (SSSR count). The molecule has 2 heterocycles. The van der Waals surface area contributed by atoms with Crippen molar-refractivity contribution >= 4 is 0 Å². The third-order valence-electron chi connectivity index (χ3n) is 2.22. The van der Waals surface area contributed by atoms with Crippen LogP contribution in [-0.4, -0.2) is 26.4 Å². The molecule has 2 aromatic heterocycles. The number of aryl methyl sites for hydroxylation is 2. The monoisotopic (exact) mass is 207 g/mol. The van der Waals surface area contributed by atoms with E-state index in [2.05, 4.69) is 10.1 Å². The molecule has 15 heavy (non-hydrogen) atoms. The fourth-order valence-corrected chi connectivity index (χ4v) is 1.41. The molecular weight excluding hydrogens is 194 g/mol. The van der Waals surface area contributed by atoms with Crippen LogP contribution in [0.2, 0.25) is 0 Å². The van der Waals surface area contributed by atoms with Crippen LogP contribution >= 0.6 is 0 Å². The zero-order valence-corrected chi connectivity index (χ0v) is 8.55. The number of aliphatic hydroxyl groups excluding tert-OH is 1. The molecule has 0 saturated heterocycles. The highest BCUT2D eigenvalue weighted by atomic mass is 16.5.